The molecule has 3 aromatic rings. The molecule has 2 aromatic carbocycles. The third kappa shape index (κ3) is 3.04. The van der Waals surface area contributed by atoms with Crippen molar-refractivity contribution in [1.82, 2.24) is 5.32 Å². The van der Waals surface area contributed by atoms with E-state index in [0.717, 1.165) is 16.7 Å². The summed E-state index contributed by atoms with van der Waals surface area (Å²) in [5.41, 5.74) is 0.880. The van der Waals surface area contributed by atoms with Gasteiger partial charge in [-0.3, -0.25) is 0 Å². The van der Waals surface area contributed by atoms with E-state index in [-0.39, 0.29) is 6.04 Å². The van der Waals surface area contributed by atoms with Gasteiger partial charge in [-0.1, -0.05) is 41.9 Å². The molecule has 1 aromatic heterocycles. The maximum Gasteiger partial charge on any atom is 0.137 e. The molecule has 0 spiro atoms. The molecular weight excluding hydrogens is 286 g/mol. The van der Waals surface area contributed by atoms with Crippen LogP contribution >= 0.6 is 11.6 Å². The fourth-order valence-electron chi connectivity index (χ4n) is 2.22. The molecule has 0 aliphatic carbocycles. The first-order chi connectivity index (χ1) is 10.3. The van der Waals surface area contributed by atoms with E-state index in [0.29, 0.717) is 17.4 Å². The van der Waals surface area contributed by atoms with Crippen LogP contribution in [-0.4, -0.2) is 13.7 Å². The van der Waals surface area contributed by atoms with E-state index in [1.54, 1.807) is 0 Å². The van der Waals surface area contributed by atoms with Crippen LogP contribution in [0.3, 0.4) is 0 Å². The number of benzene rings is 2. The van der Waals surface area contributed by atoms with Crippen LogP contribution in [-0.2, 0) is 0 Å². The molecule has 3 nitrogen and oxygen atoms in total. The third-order valence-electron chi connectivity index (χ3n) is 3.38. The largest absolute Gasteiger partial charge is 0.490 e. The zero-order chi connectivity index (χ0) is 14.7. The Morgan fingerprint density at radius 3 is 2.67 bits per heavy atom. The van der Waals surface area contributed by atoms with Crippen molar-refractivity contribution in [2.75, 3.05) is 13.7 Å². The Morgan fingerprint density at radius 1 is 1.14 bits per heavy atom. The van der Waals surface area contributed by atoms with Crippen LogP contribution in [0.15, 0.2) is 59.0 Å². The third-order valence-corrected chi connectivity index (χ3v) is 3.69. The van der Waals surface area contributed by atoms with Gasteiger partial charge in [0.05, 0.1) is 11.1 Å². The molecule has 0 aliphatic rings. The van der Waals surface area contributed by atoms with Gasteiger partial charge in [-0.05, 0) is 31.3 Å². The lowest BCUT2D eigenvalue weighted by Gasteiger charge is -2.15. The summed E-state index contributed by atoms with van der Waals surface area (Å²) in [6.45, 7) is 0.444. The molecule has 0 fully saturated rings. The Bertz CT molecular complexity index is 705. The zero-order valence-electron chi connectivity index (χ0n) is 11.7. The second-order valence-electron chi connectivity index (χ2n) is 4.77. The van der Waals surface area contributed by atoms with Gasteiger partial charge in [0.25, 0.3) is 0 Å². The average molecular weight is 302 g/mol. The molecule has 1 unspecified atom stereocenters. The zero-order valence-corrected chi connectivity index (χ0v) is 12.4. The Kier molecular flexibility index (Phi) is 4.13. The number of ether oxygens (including phenoxy) is 1. The smallest absolute Gasteiger partial charge is 0.137 e. The molecule has 1 atom stereocenters. The van der Waals surface area contributed by atoms with Gasteiger partial charge in [-0.2, -0.15) is 0 Å². The summed E-state index contributed by atoms with van der Waals surface area (Å²) in [4.78, 5) is 0. The minimum absolute atomic E-state index is 0.0336. The summed E-state index contributed by atoms with van der Waals surface area (Å²) in [7, 11) is 1.88. The number of fused-ring (bicyclic) bond motifs is 1. The second-order valence-corrected chi connectivity index (χ2v) is 5.18. The van der Waals surface area contributed by atoms with Crippen molar-refractivity contribution in [1.29, 1.82) is 0 Å². The van der Waals surface area contributed by atoms with Crippen molar-refractivity contribution < 1.29 is 9.15 Å². The number of nitrogens with one attached hydrogen (secondary N) is 1. The topological polar surface area (TPSA) is 34.4 Å². The number of hydrogen-bond donors (Lipinski definition) is 1. The van der Waals surface area contributed by atoms with Gasteiger partial charge in [0.2, 0.25) is 0 Å². The standard InChI is InChI=1S/C17H16ClNO2/c1-19-14(11-20-16-9-5-3-7-13(16)18)17-10-12-6-2-4-8-15(12)21-17/h2-10,14,19H,11H2,1H3. The summed E-state index contributed by atoms with van der Waals surface area (Å²) in [5, 5.41) is 4.90. The molecule has 0 radical (unpaired) electrons. The summed E-state index contributed by atoms with van der Waals surface area (Å²) < 4.78 is 11.7. The van der Waals surface area contributed by atoms with Gasteiger partial charge in [0.15, 0.2) is 0 Å². The monoisotopic (exact) mass is 301 g/mol. The van der Waals surface area contributed by atoms with Crippen LogP contribution in [0.2, 0.25) is 5.02 Å². The van der Waals surface area contributed by atoms with E-state index in [1.165, 1.54) is 0 Å². The maximum atomic E-state index is 6.09. The lowest BCUT2D eigenvalue weighted by molar-refractivity contribution is 0.256. The van der Waals surface area contributed by atoms with Crippen LogP contribution in [0.4, 0.5) is 0 Å². The number of rotatable bonds is 5. The minimum Gasteiger partial charge on any atom is -0.490 e. The summed E-state index contributed by atoms with van der Waals surface area (Å²) in [6, 6.07) is 17.4. The number of para-hydroxylation sites is 2. The molecule has 3 rings (SSSR count). The molecule has 1 N–H and O–H groups in total. The van der Waals surface area contributed by atoms with Gasteiger partial charge >= 0.3 is 0 Å². The Balaban J connectivity index is 1.77. The van der Waals surface area contributed by atoms with Gasteiger partial charge in [-0.25, -0.2) is 0 Å². The molecule has 21 heavy (non-hydrogen) atoms. The average Bonchev–Trinajstić information content (AvgIpc) is 2.93. The van der Waals surface area contributed by atoms with Crippen molar-refractivity contribution in [3.8, 4) is 5.75 Å². The molecule has 0 saturated heterocycles. The van der Waals surface area contributed by atoms with Crippen LogP contribution in [0, 0.1) is 0 Å². The minimum atomic E-state index is -0.0336. The normalized spacial score (nSPS) is 12.5. The van der Waals surface area contributed by atoms with E-state index < -0.39 is 0 Å². The first-order valence-corrected chi connectivity index (χ1v) is 7.19. The fourth-order valence-corrected chi connectivity index (χ4v) is 2.41. The SMILES string of the molecule is CNC(COc1ccccc1Cl)c1cc2ccccc2o1. The maximum absolute atomic E-state index is 6.09. The predicted molar refractivity (Wildman–Crippen MR) is 85.0 cm³/mol. The van der Waals surface area contributed by atoms with E-state index >= 15 is 0 Å². The van der Waals surface area contributed by atoms with Gasteiger partial charge in [0, 0.05) is 5.39 Å². The number of likely N-dealkylation sites (N-methyl/N-ethyl adjacent to an activating group) is 1. The highest BCUT2D eigenvalue weighted by Crippen LogP contribution is 2.27. The number of hydrogen-bond acceptors (Lipinski definition) is 3. The fraction of sp³-hybridized carbons (Fsp3) is 0.176. The first kappa shape index (κ1) is 14.0. The van der Waals surface area contributed by atoms with Crippen molar-refractivity contribution in [3.05, 3.63) is 65.4 Å². The molecule has 0 amide bonds. The summed E-state index contributed by atoms with van der Waals surface area (Å²) >= 11 is 6.09. The highest BCUT2D eigenvalue weighted by molar-refractivity contribution is 6.32. The van der Waals surface area contributed by atoms with Gasteiger partial charge in [0.1, 0.15) is 23.7 Å². The summed E-state index contributed by atoms with van der Waals surface area (Å²) in [5.74, 6) is 1.53. The van der Waals surface area contributed by atoms with Gasteiger partial charge < -0.3 is 14.5 Å². The number of halogens is 1. The van der Waals surface area contributed by atoms with Crippen LogP contribution < -0.4 is 10.1 Å². The molecule has 4 heteroatoms. The lowest BCUT2D eigenvalue weighted by Crippen LogP contribution is -2.22. The van der Waals surface area contributed by atoms with Crippen molar-refractivity contribution in [3.63, 3.8) is 0 Å². The van der Waals surface area contributed by atoms with Crippen molar-refractivity contribution in [2.24, 2.45) is 0 Å². The molecule has 108 valence electrons. The van der Waals surface area contributed by atoms with E-state index in [1.807, 2.05) is 61.6 Å². The van der Waals surface area contributed by atoms with Crippen LogP contribution in [0.25, 0.3) is 11.0 Å². The van der Waals surface area contributed by atoms with Gasteiger partial charge in [-0.15, -0.1) is 0 Å². The highest BCUT2D eigenvalue weighted by atomic mass is 35.5. The molecular formula is C17H16ClNO2. The Hall–Kier alpha value is -1.97. The Morgan fingerprint density at radius 2 is 1.90 bits per heavy atom. The van der Waals surface area contributed by atoms with Crippen molar-refractivity contribution >= 4 is 22.6 Å². The highest BCUT2D eigenvalue weighted by Gasteiger charge is 2.16. The lowest BCUT2D eigenvalue weighted by atomic mass is 10.2. The number of furan rings is 1. The Labute approximate surface area is 128 Å². The summed E-state index contributed by atoms with van der Waals surface area (Å²) in [6.07, 6.45) is 0. The molecule has 0 saturated carbocycles. The van der Waals surface area contributed by atoms with Crippen LogP contribution in [0.5, 0.6) is 5.75 Å². The van der Waals surface area contributed by atoms with Crippen molar-refractivity contribution in [2.45, 2.75) is 6.04 Å². The van der Waals surface area contributed by atoms with E-state index in [4.69, 9.17) is 20.8 Å². The molecule has 0 aliphatic heterocycles. The molecule has 0 bridgehead atoms. The first-order valence-electron chi connectivity index (χ1n) is 6.81. The predicted octanol–water partition coefficient (Wildman–Crippen LogP) is 4.43. The quantitative estimate of drug-likeness (QED) is 0.757. The second kappa shape index (κ2) is 6.20. The van der Waals surface area contributed by atoms with E-state index in [2.05, 4.69) is 5.32 Å². The van der Waals surface area contributed by atoms with E-state index in [9.17, 15) is 0 Å². The van der Waals surface area contributed by atoms with Crippen LogP contribution in [0.1, 0.15) is 11.8 Å². The molecule has 1 heterocycles.